The molecular weight excluding hydrogens is 431 g/mol. The van der Waals surface area contributed by atoms with Crippen LogP contribution in [0.25, 0.3) is 0 Å². The van der Waals surface area contributed by atoms with Crippen LogP contribution in [0.1, 0.15) is 36.7 Å². The van der Waals surface area contributed by atoms with Crippen LogP contribution in [-0.2, 0) is 19.0 Å². The predicted octanol–water partition coefficient (Wildman–Crippen LogP) is 3.96. The second-order valence-electron chi connectivity index (χ2n) is 7.42. The van der Waals surface area contributed by atoms with Crippen LogP contribution in [0.5, 0.6) is 0 Å². The second-order valence-corrected chi connectivity index (χ2v) is 8.86. The molecular formula is C20H21IO4. The minimum Gasteiger partial charge on any atom is -0.493 e. The highest BCUT2D eigenvalue weighted by Gasteiger charge is 2.68. The number of hydrogen-bond donors (Lipinski definition) is 0. The van der Waals surface area contributed by atoms with Gasteiger partial charge in [0.25, 0.3) is 0 Å². The molecule has 1 saturated heterocycles. The van der Waals surface area contributed by atoms with E-state index in [0.29, 0.717) is 40.3 Å². The molecule has 3 aliphatic carbocycles. The Kier molecular flexibility index (Phi) is 3.85. The molecule has 132 valence electrons. The lowest BCUT2D eigenvalue weighted by molar-refractivity contribution is -0.137. The molecule has 1 aromatic rings. The molecule has 1 heterocycles. The fourth-order valence-corrected chi connectivity index (χ4v) is 7.19. The molecule has 0 amide bonds. The van der Waals surface area contributed by atoms with Gasteiger partial charge in [-0.1, -0.05) is 46.9 Å². The van der Waals surface area contributed by atoms with E-state index in [1.54, 1.807) is 6.92 Å². The van der Waals surface area contributed by atoms with E-state index in [1.807, 2.05) is 0 Å². The molecule has 2 saturated carbocycles. The summed E-state index contributed by atoms with van der Waals surface area (Å²) in [5.41, 5.74) is 2.50. The Labute approximate surface area is 161 Å². The Bertz CT molecular complexity index is 732. The minimum absolute atomic E-state index is 0.00181. The van der Waals surface area contributed by atoms with Gasteiger partial charge in [-0.05, 0) is 36.3 Å². The van der Waals surface area contributed by atoms with Crippen LogP contribution < -0.4 is 0 Å². The minimum atomic E-state index is -0.353. The first-order valence-electron chi connectivity index (χ1n) is 9.07. The van der Waals surface area contributed by atoms with E-state index < -0.39 is 0 Å². The van der Waals surface area contributed by atoms with Crippen molar-refractivity contribution in [3.05, 3.63) is 47.7 Å². The van der Waals surface area contributed by atoms with Crippen LogP contribution >= 0.6 is 22.6 Å². The largest absolute Gasteiger partial charge is 0.493 e. The first-order valence-corrected chi connectivity index (χ1v) is 10.3. The van der Waals surface area contributed by atoms with Gasteiger partial charge in [-0.3, -0.25) is 0 Å². The Balaban J connectivity index is 1.49. The van der Waals surface area contributed by atoms with Crippen molar-refractivity contribution in [1.29, 1.82) is 0 Å². The summed E-state index contributed by atoms with van der Waals surface area (Å²) in [6.45, 7) is 2.18. The van der Waals surface area contributed by atoms with Gasteiger partial charge >= 0.3 is 5.97 Å². The summed E-state index contributed by atoms with van der Waals surface area (Å²) < 4.78 is 18.2. The highest BCUT2D eigenvalue weighted by Crippen LogP contribution is 2.70. The van der Waals surface area contributed by atoms with E-state index in [9.17, 15) is 4.79 Å². The number of alkyl halides is 1. The summed E-state index contributed by atoms with van der Waals surface area (Å²) in [6.07, 6.45) is 4.79. The molecule has 7 unspecified atom stereocenters. The van der Waals surface area contributed by atoms with Crippen molar-refractivity contribution in [1.82, 2.24) is 0 Å². The van der Waals surface area contributed by atoms with Crippen molar-refractivity contribution in [3.63, 3.8) is 0 Å². The van der Waals surface area contributed by atoms with Gasteiger partial charge in [-0.2, -0.15) is 0 Å². The molecule has 3 fully saturated rings. The summed E-state index contributed by atoms with van der Waals surface area (Å²) in [5.74, 6) is 1.97. The van der Waals surface area contributed by atoms with E-state index in [-0.39, 0.29) is 18.2 Å². The molecule has 5 rings (SSSR count). The van der Waals surface area contributed by atoms with Crippen molar-refractivity contribution in [2.24, 2.45) is 23.7 Å². The molecule has 4 nitrogen and oxygen atoms in total. The molecule has 5 heteroatoms. The van der Waals surface area contributed by atoms with E-state index >= 15 is 0 Å². The van der Waals surface area contributed by atoms with Crippen LogP contribution in [0.3, 0.4) is 0 Å². The third kappa shape index (κ3) is 2.24. The number of benzene rings is 1. The van der Waals surface area contributed by atoms with Gasteiger partial charge in [0.1, 0.15) is 6.10 Å². The summed E-state index contributed by atoms with van der Waals surface area (Å²) >= 11 is 2.59. The van der Waals surface area contributed by atoms with Gasteiger partial charge in [-0.15, -0.1) is 0 Å². The van der Waals surface area contributed by atoms with Crippen LogP contribution in [0.4, 0.5) is 0 Å². The standard InChI is InChI=1S/C20H21IO4/c1-2-23-14(22)7-8-24-18-10-5-3-4-6-11(10)19-16-13-9-12(15(16)18)17(21)20(13)25-19/h3-8,12-13,15-20H,2,9H2,1H3/b8-7+/t12?,13?,15?,16?,17?,18-,19?,20?/m0/s1. The monoisotopic (exact) mass is 452 g/mol. The molecule has 0 radical (unpaired) electrons. The number of halogens is 1. The van der Waals surface area contributed by atoms with E-state index in [4.69, 9.17) is 14.2 Å². The van der Waals surface area contributed by atoms with Crippen molar-refractivity contribution in [2.75, 3.05) is 6.61 Å². The highest BCUT2D eigenvalue weighted by atomic mass is 127. The molecule has 0 spiro atoms. The Hall–Kier alpha value is -1.08. The summed E-state index contributed by atoms with van der Waals surface area (Å²) in [7, 11) is 0. The van der Waals surface area contributed by atoms with Crippen molar-refractivity contribution >= 4 is 28.6 Å². The maximum atomic E-state index is 11.6. The number of fused-ring (bicyclic) bond motifs is 4. The van der Waals surface area contributed by atoms with Gasteiger partial charge in [0, 0.05) is 15.8 Å². The maximum absolute atomic E-state index is 11.6. The van der Waals surface area contributed by atoms with E-state index in [1.165, 1.54) is 29.9 Å². The highest BCUT2D eigenvalue weighted by molar-refractivity contribution is 14.1. The molecule has 0 N–H and O–H groups in total. The third-order valence-electron chi connectivity index (χ3n) is 6.45. The predicted molar refractivity (Wildman–Crippen MR) is 100 cm³/mol. The number of carbonyl (C=O) groups is 1. The maximum Gasteiger partial charge on any atom is 0.333 e. The van der Waals surface area contributed by atoms with Crippen LogP contribution in [0.15, 0.2) is 36.6 Å². The normalized spacial score (nSPS) is 42.6. The number of hydrogen-bond acceptors (Lipinski definition) is 4. The first-order chi connectivity index (χ1) is 12.2. The number of rotatable bonds is 4. The zero-order chi connectivity index (χ0) is 17.1. The molecule has 25 heavy (non-hydrogen) atoms. The fraction of sp³-hybridized carbons (Fsp3) is 0.550. The van der Waals surface area contributed by atoms with Gasteiger partial charge in [0.2, 0.25) is 0 Å². The van der Waals surface area contributed by atoms with E-state index in [2.05, 4.69) is 46.9 Å². The molecule has 1 aromatic carbocycles. The van der Waals surface area contributed by atoms with Crippen LogP contribution in [-0.4, -0.2) is 22.6 Å². The second kappa shape index (κ2) is 5.98. The molecule has 2 bridgehead atoms. The smallest absolute Gasteiger partial charge is 0.333 e. The molecule has 1 aliphatic heterocycles. The van der Waals surface area contributed by atoms with Gasteiger partial charge in [0.05, 0.1) is 31.2 Å². The lowest BCUT2D eigenvalue weighted by Crippen LogP contribution is -2.39. The SMILES string of the molecule is CCOC(=O)/C=C/O[C@H]1c2ccccc2C2OC3C(I)C4CC3C2C41. The van der Waals surface area contributed by atoms with Crippen molar-refractivity contribution in [2.45, 2.75) is 35.6 Å². The quantitative estimate of drug-likeness (QED) is 0.228. The number of esters is 1. The summed E-state index contributed by atoms with van der Waals surface area (Å²) in [5, 5.41) is 0. The first kappa shape index (κ1) is 16.1. The average molecular weight is 452 g/mol. The lowest BCUT2D eigenvalue weighted by Gasteiger charge is -2.41. The van der Waals surface area contributed by atoms with Crippen LogP contribution in [0, 0.1) is 23.7 Å². The Morgan fingerprint density at radius 2 is 2.08 bits per heavy atom. The Morgan fingerprint density at radius 1 is 1.28 bits per heavy atom. The molecule has 4 aliphatic rings. The van der Waals surface area contributed by atoms with Gasteiger partial charge in [0.15, 0.2) is 0 Å². The lowest BCUT2D eigenvalue weighted by atomic mass is 9.67. The molecule has 8 atom stereocenters. The summed E-state index contributed by atoms with van der Waals surface area (Å²) in [6, 6.07) is 8.49. The summed E-state index contributed by atoms with van der Waals surface area (Å²) in [4.78, 5) is 11.6. The van der Waals surface area contributed by atoms with E-state index in [0.717, 1.165) is 0 Å². The number of carbonyl (C=O) groups excluding carboxylic acids is 1. The zero-order valence-electron chi connectivity index (χ0n) is 14.0. The topological polar surface area (TPSA) is 44.8 Å². The third-order valence-corrected chi connectivity index (χ3v) is 8.08. The van der Waals surface area contributed by atoms with Gasteiger partial charge in [-0.25, -0.2) is 4.79 Å². The Morgan fingerprint density at radius 3 is 2.88 bits per heavy atom. The zero-order valence-corrected chi connectivity index (χ0v) is 16.2. The van der Waals surface area contributed by atoms with Gasteiger partial charge < -0.3 is 14.2 Å². The van der Waals surface area contributed by atoms with Crippen LogP contribution in [0.2, 0.25) is 0 Å². The fourth-order valence-electron chi connectivity index (χ4n) is 5.71. The molecule has 0 aromatic heterocycles. The van der Waals surface area contributed by atoms with Crippen molar-refractivity contribution < 1.29 is 19.0 Å². The van der Waals surface area contributed by atoms with Crippen molar-refractivity contribution in [3.8, 4) is 0 Å². The number of ether oxygens (including phenoxy) is 3. The average Bonchev–Trinajstić information content (AvgIpc) is 3.24.